The third kappa shape index (κ3) is 23.9. The normalized spacial score (nSPS) is 20.2. The fourth-order valence-electron chi connectivity index (χ4n) is 20.9. The van der Waals surface area contributed by atoms with Gasteiger partial charge in [-0.2, -0.15) is 30.2 Å². The lowest BCUT2D eigenvalue weighted by Crippen LogP contribution is -2.46. The Bertz CT molecular complexity index is 7400. The first-order chi connectivity index (χ1) is 70.0. The first kappa shape index (κ1) is 105. The quantitative estimate of drug-likeness (QED) is 0.0519. The topological polar surface area (TPSA) is 436 Å². The summed E-state index contributed by atoms with van der Waals surface area (Å²) >= 11 is 24.8. The number of hydrogen-bond donors (Lipinski definition) is 4. The third-order valence-electron chi connectivity index (χ3n) is 28.1. The van der Waals surface area contributed by atoms with Crippen molar-refractivity contribution >= 4 is 185 Å². The Labute approximate surface area is 874 Å². The van der Waals surface area contributed by atoms with Crippen molar-refractivity contribution in [2.75, 3.05) is 173 Å². The first-order valence-corrected chi connectivity index (χ1v) is 58.6. The second-order valence-corrected chi connectivity index (χ2v) is 48.8. The van der Waals surface area contributed by atoms with Gasteiger partial charge >= 0.3 is 0 Å². The second-order valence-electron chi connectivity index (χ2n) is 40.0. The summed E-state index contributed by atoms with van der Waals surface area (Å²) in [5, 5.41) is 30.2. The van der Waals surface area contributed by atoms with Crippen LogP contribution in [0.25, 0.3) is 22.6 Å². The second kappa shape index (κ2) is 43.2. The molecule has 0 radical (unpaired) electrons. The lowest BCUT2D eigenvalue weighted by Gasteiger charge is -2.38. The molecule has 9 aliphatic heterocycles. The molecule has 0 aliphatic carbocycles. The maximum absolute atomic E-state index is 13.9. The fourth-order valence-corrected chi connectivity index (χ4v) is 23.9. The number of fused-ring (bicyclic) bond motifs is 4. The number of aromatic nitrogens is 12. The molecule has 6 atom stereocenters. The number of hydrogen-bond acceptors (Lipinski definition) is 27. The molecular formula is C100H120Cl4N26O13S4. The minimum absolute atomic E-state index is 0.0247. The molecule has 0 spiro atoms. The summed E-state index contributed by atoms with van der Waals surface area (Å²) in [4.78, 5) is 93.0. The van der Waals surface area contributed by atoms with Crippen LogP contribution >= 0.6 is 46.4 Å². The Kier molecular flexibility index (Phi) is 30.8. The van der Waals surface area contributed by atoms with Crippen LogP contribution in [0.3, 0.4) is 0 Å². The molecule has 9 fully saturated rings. The molecule has 0 saturated carbocycles. The largest absolute Gasteiger partial charge is 0.378 e. The molecule has 4 N–H and O–H groups in total. The predicted molar refractivity (Wildman–Crippen MR) is 569 cm³/mol. The lowest BCUT2D eigenvalue weighted by molar-refractivity contribution is 0.0600. The van der Waals surface area contributed by atoms with Crippen LogP contribution in [-0.4, -0.2) is 265 Å². The lowest BCUT2D eigenvalue weighted by atomic mass is 9.98. The number of ether oxygens (including phenoxy) is 1. The van der Waals surface area contributed by atoms with Crippen LogP contribution in [0.4, 0.5) is 51.8 Å². The van der Waals surface area contributed by atoms with Crippen molar-refractivity contribution in [3.63, 3.8) is 0 Å². The van der Waals surface area contributed by atoms with E-state index in [-0.39, 0.29) is 105 Å². The van der Waals surface area contributed by atoms with E-state index in [1.165, 1.54) is 48.5 Å². The van der Waals surface area contributed by atoms with Crippen LogP contribution in [0.5, 0.6) is 0 Å². The van der Waals surface area contributed by atoms with Gasteiger partial charge in [0.15, 0.2) is 22.6 Å². The van der Waals surface area contributed by atoms with E-state index in [2.05, 4.69) is 76.3 Å². The number of amides is 4. The van der Waals surface area contributed by atoms with E-state index < -0.39 is 40.1 Å². The molecule has 4 amide bonds. The van der Waals surface area contributed by atoms with E-state index in [9.17, 15) is 58.1 Å². The minimum atomic E-state index is -3.59. The molecule has 0 unspecified atom stereocenters. The zero-order chi connectivity index (χ0) is 104. The summed E-state index contributed by atoms with van der Waals surface area (Å²) in [5.41, 5.74) is 10.8. The summed E-state index contributed by atoms with van der Waals surface area (Å²) in [7, 11) is -14.3. The number of benzene rings is 4. The van der Waals surface area contributed by atoms with Gasteiger partial charge in [0.1, 0.15) is 29.1 Å². The van der Waals surface area contributed by atoms with Crippen molar-refractivity contribution in [1.82, 2.24) is 78.0 Å². The van der Waals surface area contributed by atoms with Crippen molar-refractivity contribution in [2.45, 2.75) is 149 Å². The predicted octanol–water partition coefficient (Wildman–Crippen LogP) is 15.0. The number of halogens is 4. The Balaban J connectivity index is 0.000000129. The van der Waals surface area contributed by atoms with E-state index in [1.54, 1.807) is 57.4 Å². The zero-order valence-electron chi connectivity index (χ0n) is 83.5. The Morgan fingerprint density at radius 2 is 0.680 bits per heavy atom. The fraction of sp³-hybridized carbons (Fsp3) is 0.470. The van der Waals surface area contributed by atoms with E-state index >= 15 is 0 Å². The number of carbonyl (C=O) groups is 4. The van der Waals surface area contributed by atoms with Crippen molar-refractivity contribution in [3.05, 3.63) is 204 Å². The van der Waals surface area contributed by atoms with E-state index in [0.717, 1.165) is 253 Å². The molecule has 12 aromatic rings. The van der Waals surface area contributed by atoms with Crippen LogP contribution in [0.1, 0.15) is 209 Å². The highest BCUT2D eigenvalue weighted by Gasteiger charge is 2.41. The van der Waals surface area contributed by atoms with Crippen molar-refractivity contribution < 1.29 is 57.6 Å². The third-order valence-corrected chi connectivity index (χ3v) is 31.4. The summed E-state index contributed by atoms with van der Waals surface area (Å²) in [6, 6.07) is 29.6. The smallest absolute Gasteiger partial charge is 0.256 e. The van der Waals surface area contributed by atoms with Crippen LogP contribution in [0, 0.1) is 55.8 Å². The SMILES string of the molecule is CS(=O)(=O)Nc1ccc(Cl)cc1C(=O)N1CCCC[C@H]1c1cc2nc(N3CCC3)cc(N3CCOCC3)n2n1.Cc1cn2nc([C@@H]3CCCCN3C(=O)c3cc(Cl)ccc3NS(C)(=O)=O)cc2nc1N1CC(C)C1.Cc1cn2nc([C@@H]3CCCCN3C(=O)c3cc(Cl)ccc3NS(C)(=O)=O)cc2nc1N1CC(C)C1.Cc1cn2nc([C@@H]3CCCCN3C(=O)c3cc(Cl)ccc3NS(C)(=O)=O)cc2nc1N1C[C@@H](C#N)[C@@H](C)C1. The number of morpholine rings is 1. The Morgan fingerprint density at radius 3 is 0.973 bits per heavy atom. The molecular weight excluding hydrogens is 2040 g/mol. The number of nitrogens with one attached hydrogen (secondary N) is 4. The van der Waals surface area contributed by atoms with Gasteiger partial charge in [0.05, 0.1) is 142 Å². The van der Waals surface area contributed by atoms with Crippen molar-refractivity contribution in [3.8, 4) is 6.07 Å². The highest BCUT2D eigenvalue weighted by Crippen LogP contribution is 2.43. The average Bonchev–Trinajstić information content (AvgIpc) is 1.62. The summed E-state index contributed by atoms with van der Waals surface area (Å²) in [6.07, 6.45) is 21.5. The van der Waals surface area contributed by atoms with Crippen LogP contribution < -0.4 is 43.4 Å². The van der Waals surface area contributed by atoms with Gasteiger partial charge in [0, 0.05) is 177 Å². The van der Waals surface area contributed by atoms with Gasteiger partial charge < -0.3 is 48.8 Å². The van der Waals surface area contributed by atoms with E-state index in [1.807, 2.05) is 68.1 Å². The zero-order valence-corrected chi connectivity index (χ0v) is 89.8. The Morgan fingerprint density at radius 1 is 0.367 bits per heavy atom. The molecule has 17 heterocycles. The number of likely N-dealkylation sites (tertiary alicyclic amines) is 4. The van der Waals surface area contributed by atoms with Gasteiger partial charge in [-0.1, -0.05) is 67.2 Å². The maximum Gasteiger partial charge on any atom is 0.256 e. The number of nitrogens with zero attached hydrogens (tertiary/aromatic N) is 22. The molecule has 8 aromatic heterocycles. The molecule has 9 saturated heterocycles. The summed E-state index contributed by atoms with van der Waals surface area (Å²) in [6.45, 7) is 25.0. The molecule has 39 nitrogen and oxygen atoms in total. The van der Waals surface area contributed by atoms with Crippen LogP contribution in [0.2, 0.25) is 20.1 Å². The van der Waals surface area contributed by atoms with Gasteiger partial charge in [-0.3, -0.25) is 38.1 Å². The average molecular weight is 2160 g/mol. The van der Waals surface area contributed by atoms with Gasteiger partial charge in [-0.15, -0.1) is 0 Å². The molecule has 9 aliphatic rings. The molecule has 0 bridgehead atoms. The van der Waals surface area contributed by atoms with E-state index in [4.69, 9.17) is 91.5 Å². The standard InChI is InChI=1S/C26H32ClN7O4S.C26H30ClN7O3S.2C24H29ClN6O3S/c1-39(36,37)30-20-7-6-18(27)15-19(20)26(35)33-10-3-2-5-22(33)21-16-24-28-23(31-8-4-9-31)17-25(34(24)29-21)32-11-13-38-14-12-32;1-16-13-32(15-18(16)12-28)25-17(2)14-34-24(29-25)11-22(30-34)23-6-4-5-9-33(23)26(35)20-10-19(27)7-8-21(20)31-38(3,36)37;2*1-15-12-29(13-15)23-16(2)14-31-22(26-23)11-20(27-31)21-6-4-5-9-30(21)24(32)18-10-17(25)7-8-19(18)28-35(3,33)34/h6-7,15-17,22,30H,2-5,8-14H2,1H3;7-8,10-11,14,16,18,23,31H,4-6,9,13,15H2,1-3H3;2*7-8,10-11,14-15,21,28H,4-6,9,12-13H2,1-3H3/t22-;16-,18+,23-;2*21-/m0000/s1. The van der Waals surface area contributed by atoms with Crippen LogP contribution in [-0.2, 0) is 44.8 Å². The van der Waals surface area contributed by atoms with Gasteiger partial charge in [0.2, 0.25) is 40.1 Å². The minimum Gasteiger partial charge on any atom is -0.378 e. The molecule has 47 heteroatoms. The number of sulfonamides is 4. The Hall–Kier alpha value is -12.2. The number of aryl methyl sites for hydroxylation is 3. The van der Waals surface area contributed by atoms with Gasteiger partial charge in [-0.25, -0.2) is 67.2 Å². The molecule has 21 rings (SSSR count). The van der Waals surface area contributed by atoms with Crippen LogP contribution in [0.15, 0.2) is 122 Å². The number of anilines is 9. The van der Waals surface area contributed by atoms with Crippen molar-refractivity contribution in [1.29, 1.82) is 5.26 Å². The maximum atomic E-state index is 13.9. The number of rotatable bonds is 21. The summed E-state index contributed by atoms with van der Waals surface area (Å²) in [5.74, 6) is 5.16. The highest BCUT2D eigenvalue weighted by atomic mass is 35.5. The summed E-state index contributed by atoms with van der Waals surface area (Å²) < 4.78 is 118. The first-order valence-electron chi connectivity index (χ1n) is 49.6. The van der Waals surface area contributed by atoms with Crippen molar-refractivity contribution in [2.24, 2.45) is 23.7 Å². The van der Waals surface area contributed by atoms with E-state index in [0.29, 0.717) is 83.5 Å². The number of nitriles is 1. The molecule has 780 valence electrons. The molecule has 4 aromatic carbocycles. The number of piperidine rings is 4. The number of carbonyl (C=O) groups excluding carboxylic acids is 4. The highest BCUT2D eigenvalue weighted by molar-refractivity contribution is 7.92. The van der Waals surface area contributed by atoms with Gasteiger partial charge in [-0.05, 0) is 195 Å². The van der Waals surface area contributed by atoms with Gasteiger partial charge in [0.25, 0.3) is 23.6 Å². The molecule has 147 heavy (non-hydrogen) atoms. The monoisotopic (exact) mass is 2160 g/mol.